The molecule has 4 N–H and O–H groups in total. The van der Waals surface area contributed by atoms with Crippen LogP contribution in [0.1, 0.15) is 31.9 Å². The van der Waals surface area contributed by atoms with Crippen molar-refractivity contribution in [3.8, 4) is 0 Å². The topological polar surface area (TPSA) is 94.1 Å². The van der Waals surface area contributed by atoms with Crippen molar-refractivity contribution in [3.63, 3.8) is 0 Å². The molecule has 1 saturated heterocycles. The number of hydrogen-bond donors (Lipinski definition) is 4. The number of nitrogens with zero attached hydrogens (tertiary/aromatic N) is 1. The van der Waals surface area contributed by atoms with E-state index in [-0.39, 0.29) is 0 Å². The average molecular weight is 349 g/mol. The Bertz CT molecular complexity index is 611. The highest BCUT2D eigenvalue weighted by molar-refractivity contribution is 6.59. The molecule has 1 amide bonds. The summed E-state index contributed by atoms with van der Waals surface area (Å²) in [6.45, 7) is 11.5. The van der Waals surface area contributed by atoms with Gasteiger partial charge in [-0.25, -0.2) is 4.79 Å². The fourth-order valence-corrected chi connectivity index (χ4v) is 2.83. The molecule has 0 unspecified atom stereocenters. The van der Waals surface area contributed by atoms with E-state index >= 15 is 0 Å². The molecular formula is C17H28BN3O4. The molecule has 2 rings (SSSR count). The Morgan fingerprint density at radius 1 is 1.32 bits per heavy atom. The number of ether oxygens (including phenoxy) is 1. The lowest BCUT2D eigenvalue weighted by Crippen LogP contribution is -2.43. The largest absolute Gasteiger partial charge is 0.488 e. The standard InChI is InChI=1S/C17H28BN3O4/c1-12-14(18(23)24)9-13(11-21-7-5-19-6-8-21)10-15(12)20-16(22)25-17(2,3)4/h9-10,19,23-24H,5-8,11H2,1-4H3,(H,20,22). The molecule has 1 aliphatic rings. The van der Waals surface area contributed by atoms with Crippen LogP contribution in [0.2, 0.25) is 0 Å². The zero-order valence-corrected chi connectivity index (χ0v) is 15.4. The third-order valence-corrected chi connectivity index (χ3v) is 4.04. The Hall–Kier alpha value is -1.61. The van der Waals surface area contributed by atoms with E-state index in [1.54, 1.807) is 33.8 Å². The first-order chi connectivity index (χ1) is 11.7. The van der Waals surface area contributed by atoms with Crippen molar-refractivity contribution >= 4 is 24.4 Å². The van der Waals surface area contributed by atoms with Crippen molar-refractivity contribution < 1.29 is 19.6 Å². The Morgan fingerprint density at radius 2 is 1.96 bits per heavy atom. The molecule has 0 aromatic heterocycles. The summed E-state index contributed by atoms with van der Waals surface area (Å²) in [6.07, 6.45) is -0.562. The van der Waals surface area contributed by atoms with Gasteiger partial charge in [0.1, 0.15) is 5.60 Å². The van der Waals surface area contributed by atoms with Gasteiger partial charge in [-0.2, -0.15) is 0 Å². The van der Waals surface area contributed by atoms with Crippen LogP contribution in [0.15, 0.2) is 12.1 Å². The summed E-state index contributed by atoms with van der Waals surface area (Å²) < 4.78 is 5.29. The van der Waals surface area contributed by atoms with Crippen LogP contribution in [0.4, 0.5) is 10.5 Å². The minimum atomic E-state index is -1.60. The van der Waals surface area contributed by atoms with Crippen molar-refractivity contribution in [2.24, 2.45) is 0 Å². The number of anilines is 1. The van der Waals surface area contributed by atoms with Gasteiger partial charge in [0, 0.05) is 38.4 Å². The van der Waals surface area contributed by atoms with Crippen molar-refractivity contribution in [2.45, 2.75) is 39.8 Å². The SMILES string of the molecule is Cc1c(NC(=O)OC(C)(C)C)cc(CN2CCNCC2)cc1B(O)O. The van der Waals surface area contributed by atoms with Crippen molar-refractivity contribution in [1.29, 1.82) is 0 Å². The fourth-order valence-electron chi connectivity index (χ4n) is 2.83. The molecule has 1 heterocycles. The van der Waals surface area contributed by atoms with Gasteiger partial charge in [-0.3, -0.25) is 10.2 Å². The second kappa shape index (κ2) is 8.18. The summed E-state index contributed by atoms with van der Waals surface area (Å²) in [5.74, 6) is 0. The smallest absolute Gasteiger partial charge is 0.444 e. The van der Waals surface area contributed by atoms with Crippen molar-refractivity contribution in [2.75, 3.05) is 31.5 Å². The number of carbonyl (C=O) groups is 1. The van der Waals surface area contributed by atoms with Crippen LogP contribution in [-0.4, -0.2) is 59.9 Å². The minimum absolute atomic E-state index is 0.388. The molecular weight excluding hydrogens is 321 g/mol. The van der Waals surface area contributed by atoms with Crippen LogP contribution in [0, 0.1) is 6.92 Å². The number of nitrogens with one attached hydrogen (secondary N) is 2. The molecule has 25 heavy (non-hydrogen) atoms. The number of hydrogen-bond acceptors (Lipinski definition) is 6. The van der Waals surface area contributed by atoms with E-state index in [1.807, 2.05) is 6.07 Å². The predicted molar refractivity (Wildman–Crippen MR) is 99.0 cm³/mol. The van der Waals surface area contributed by atoms with Crippen molar-refractivity contribution in [1.82, 2.24) is 10.2 Å². The molecule has 1 fully saturated rings. The zero-order valence-electron chi connectivity index (χ0n) is 15.4. The number of piperazine rings is 1. The predicted octanol–water partition coefficient (Wildman–Crippen LogP) is 0.427. The van der Waals surface area contributed by atoms with Gasteiger partial charge in [-0.1, -0.05) is 6.07 Å². The maximum atomic E-state index is 12.1. The molecule has 0 bridgehead atoms. The van der Waals surface area contributed by atoms with Gasteiger partial charge in [0.2, 0.25) is 0 Å². The fraction of sp³-hybridized carbons (Fsp3) is 0.588. The van der Waals surface area contributed by atoms with E-state index in [1.165, 1.54) is 0 Å². The molecule has 7 nitrogen and oxygen atoms in total. The molecule has 0 aliphatic carbocycles. The molecule has 1 aromatic carbocycles. The molecule has 0 saturated carbocycles. The van der Waals surface area contributed by atoms with Gasteiger partial charge in [-0.15, -0.1) is 0 Å². The van der Waals surface area contributed by atoms with E-state index < -0.39 is 18.8 Å². The summed E-state index contributed by atoms with van der Waals surface area (Å²) in [6, 6.07) is 3.65. The lowest BCUT2D eigenvalue weighted by Gasteiger charge is -2.28. The Morgan fingerprint density at radius 3 is 2.52 bits per heavy atom. The molecule has 138 valence electrons. The summed E-state index contributed by atoms with van der Waals surface area (Å²) >= 11 is 0. The number of amides is 1. The first kappa shape index (κ1) is 19.7. The maximum absolute atomic E-state index is 12.1. The monoisotopic (exact) mass is 349 g/mol. The lowest BCUT2D eigenvalue weighted by atomic mass is 9.76. The molecule has 0 spiro atoms. The van der Waals surface area contributed by atoms with Crippen molar-refractivity contribution in [3.05, 3.63) is 23.3 Å². The van der Waals surface area contributed by atoms with Crippen LogP contribution in [0.25, 0.3) is 0 Å². The summed E-state index contributed by atoms with van der Waals surface area (Å²) in [5, 5.41) is 25.4. The highest BCUT2D eigenvalue weighted by Crippen LogP contribution is 2.19. The summed E-state index contributed by atoms with van der Waals surface area (Å²) in [5.41, 5.74) is 1.85. The zero-order chi connectivity index (χ0) is 18.6. The van der Waals surface area contributed by atoms with E-state index in [2.05, 4.69) is 15.5 Å². The van der Waals surface area contributed by atoms with Crippen LogP contribution in [0.3, 0.4) is 0 Å². The molecule has 1 aromatic rings. The number of rotatable bonds is 4. The number of carbonyl (C=O) groups excluding carboxylic acids is 1. The van der Waals surface area contributed by atoms with Crippen LogP contribution < -0.4 is 16.1 Å². The quantitative estimate of drug-likeness (QED) is 0.589. The third kappa shape index (κ3) is 6.00. The maximum Gasteiger partial charge on any atom is 0.488 e. The molecule has 1 aliphatic heterocycles. The van der Waals surface area contributed by atoms with Crippen LogP contribution >= 0.6 is 0 Å². The molecule has 8 heteroatoms. The van der Waals surface area contributed by atoms with Gasteiger partial charge in [-0.05, 0) is 50.4 Å². The van der Waals surface area contributed by atoms with E-state index in [9.17, 15) is 14.8 Å². The summed E-state index contributed by atoms with van der Waals surface area (Å²) in [4.78, 5) is 14.4. The Kier molecular flexibility index (Phi) is 6.45. The van der Waals surface area contributed by atoms with E-state index in [0.29, 0.717) is 23.3 Å². The highest BCUT2D eigenvalue weighted by atomic mass is 16.6. The second-order valence-electron chi connectivity index (χ2n) is 7.38. The average Bonchev–Trinajstić information content (AvgIpc) is 2.49. The Balaban J connectivity index is 2.22. The van der Waals surface area contributed by atoms with Gasteiger partial charge in [0.15, 0.2) is 0 Å². The third-order valence-electron chi connectivity index (χ3n) is 4.04. The van der Waals surface area contributed by atoms with Gasteiger partial charge < -0.3 is 20.1 Å². The minimum Gasteiger partial charge on any atom is -0.444 e. The lowest BCUT2D eigenvalue weighted by molar-refractivity contribution is 0.0636. The molecule has 0 radical (unpaired) electrons. The number of benzene rings is 1. The second-order valence-corrected chi connectivity index (χ2v) is 7.38. The van der Waals surface area contributed by atoms with Gasteiger partial charge in [0.05, 0.1) is 0 Å². The summed E-state index contributed by atoms with van der Waals surface area (Å²) in [7, 11) is -1.60. The molecule has 0 atom stereocenters. The van der Waals surface area contributed by atoms with Crippen LogP contribution in [-0.2, 0) is 11.3 Å². The van der Waals surface area contributed by atoms with Gasteiger partial charge in [0.25, 0.3) is 0 Å². The Labute approximate surface area is 149 Å². The van der Waals surface area contributed by atoms with Crippen LogP contribution in [0.5, 0.6) is 0 Å². The first-order valence-corrected chi connectivity index (χ1v) is 8.58. The van der Waals surface area contributed by atoms with E-state index in [4.69, 9.17) is 4.74 Å². The first-order valence-electron chi connectivity index (χ1n) is 8.58. The van der Waals surface area contributed by atoms with E-state index in [0.717, 1.165) is 31.7 Å². The normalized spacial score (nSPS) is 15.8. The highest BCUT2D eigenvalue weighted by Gasteiger charge is 2.22. The van der Waals surface area contributed by atoms with Gasteiger partial charge >= 0.3 is 13.2 Å².